The molecule has 2 aliphatic rings. The van der Waals surface area contributed by atoms with Crippen LogP contribution in [0, 0.1) is 5.41 Å². The lowest BCUT2D eigenvalue weighted by Gasteiger charge is -2.33. The van der Waals surface area contributed by atoms with Gasteiger partial charge in [-0.15, -0.1) is 0 Å². The highest BCUT2D eigenvalue weighted by Crippen LogP contribution is 2.53. The Morgan fingerprint density at radius 3 is 2.48 bits per heavy atom. The number of urea groups is 1. The molecule has 6 heteroatoms. The zero-order valence-electron chi connectivity index (χ0n) is 15.2. The predicted molar refractivity (Wildman–Crippen MR) is 102 cm³/mol. The van der Waals surface area contributed by atoms with Crippen LogP contribution in [0.3, 0.4) is 0 Å². The number of amides is 3. The van der Waals surface area contributed by atoms with Gasteiger partial charge < -0.3 is 15.5 Å². The van der Waals surface area contributed by atoms with Crippen LogP contribution in [0.1, 0.15) is 35.2 Å². The fourth-order valence-corrected chi connectivity index (χ4v) is 3.89. The molecule has 6 nitrogen and oxygen atoms in total. The van der Waals surface area contributed by atoms with Crippen molar-refractivity contribution in [2.24, 2.45) is 5.41 Å². The minimum Gasteiger partial charge on any atom is -0.349 e. The second-order valence-corrected chi connectivity index (χ2v) is 7.46. The molecule has 2 heterocycles. The van der Waals surface area contributed by atoms with E-state index < -0.39 is 0 Å². The molecule has 1 aliphatic heterocycles. The standard InChI is InChI=1S/C21H24N4O2/c26-19(17-6-10-22-11-7-17)24-18-14-21(18)8-12-25(13-9-21)20(27)23-15-16-4-2-1-3-5-16/h1-7,10-11,18H,8-9,12-15H2,(H,23,27)(H,24,26). The first-order chi connectivity index (χ1) is 13.2. The quantitative estimate of drug-likeness (QED) is 0.876. The summed E-state index contributed by atoms with van der Waals surface area (Å²) in [6.07, 6.45) is 6.14. The molecule has 1 aliphatic carbocycles. The van der Waals surface area contributed by atoms with Crippen molar-refractivity contribution in [1.82, 2.24) is 20.5 Å². The predicted octanol–water partition coefficient (Wildman–Crippen LogP) is 2.58. The van der Waals surface area contributed by atoms with Gasteiger partial charge in [0.2, 0.25) is 0 Å². The Morgan fingerprint density at radius 2 is 1.78 bits per heavy atom. The lowest BCUT2D eigenvalue weighted by atomic mass is 9.92. The Hall–Kier alpha value is -2.89. The summed E-state index contributed by atoms with van der Waals surface area (Å²) in [6.45, 7) is 2.02. The molecule has 1 saturated carbocycles. The second kappa shape index (κ2) is 7.39. The molecule has 4 rings (SSSR count). The van der Waals surface area contributed by atoms with E-state index in [4.69, 9.17) is 0 Å². The van der Waals surface area contributed by atoms with Crippen molar-refractivity contribution in [3.05, 3.63) is 66.0 Å². The summed E-state index contributed by atoms with van der Waals surface area (Å²) in [4.78, 5) is 30.5. The van der Waals surface area contributed by atoms with Gasteiger partial charge in [-0.05, 0) is 42.4 Å². The minimum atomic E-state index is -0.0395. The van der Waals surface area contributed by atoms with Gasteiger partial charge in [-0.25, -0.2) is 4.79 Å². The van der Waals surface area contributed by atoms with Gasteiger partial charge >= 0.3 is 6.03 Å². The highest BCUT2D eigenvalue weighted by Gasteiger charge is 2.55. The van der Waals surface area contributed by atoms with E-state index >= 15 is 0 Å². The number of rotatable bonds is 4. The Labute approximate surface area is 159 Å². The molecule has 0 radical (unpaired) electrons. The van der Waals surface area contributed by atoms with Gasteiger partial charge in [-0.2, -0.15) is 0 Å². The lowest BCUT2D eigenvalue weighted by Crippen LogP contribution is -2.46. The van der Waals surface area contributed by atoms with Crippen LogP contribution in [0.25, 0.3) is 0 Å². The summed E-state index contributed by atoms with van der Waals surface area (Å²) >= 11 is 0. The van der Waals surface area contributed by atoms with Gasteiger partial charge in [0.1, 0.15) is 0 Å². The molecule has 2 aromatic rings. The van der Waals surface area contributed by atoms with E-state index in [1.807, 2.05) is 35.2 Å². The van der Waals surface area contributed by atoms with Crippen molar-refractivity contribution >= 4 is 11.9 Å². The average molecular weight is 364 g/mol. The molecular formula is C21H24N4O2. The van der Waals surface area contributed by atoms with E-state index in [1.54, 1.807) is 24.5 Å². The first-order valence-corrected chi connectivity index (χ1v) is 9.44. The molecule has 2 N–H and O–H groups in total. The van der Waals surface area contributed by atoms with Crippen molar-refractivity contribution in [3.8, 4) is 0 Å². The highest BCUT2D eigenvalue weighted by atomic mass is 16.2. The van der Waals surface area contributed by atoms with E-state index in [-0.39, 0.29) is 23.4 Å². The first-order valence-electron chi connectivity index (χ1n) is 9.44. The summed E-state index contributed by atoms with van der Waals surface area (Å²) in [6, 6.07) is 13.6. The molecular weight excluding hydrogens is 340 g/mol. The van der Waals surface area contributed by atoms with Crippen molar-refractivity contribution in [3.63, 3.8) is 0 Å². The van der Waals surface area contributed by atoms with Crippen LogP contribution in [0.15, 0.2) is 54.9 Å². The first kappa shape index (κ1) is 17.5. The van der Waals surface area contributed by atoms with Crippen molar-refractivity contribution in [2.45, 2.75) is 31.8 Å². The largest absolute Gasteiger partial charge is 0.349 e. The SMILES string of the molecule is O=C(NC1CC12CCN(C(=O)NCc1ccccc1)CC2)c1ccncc1. The topological polar surface area (TPSA) is 74.3 Å². The number of pyridine rings is 1. The smallest absolute Gasteiger partial charge is 0.317 e. The maximum Gasteiger partial charge on any atom is 0.317 e. The maximum atomic E-state index is 12.4. The number of hydrogen-bond acceptors (Lipinski definition) is 3. The Bertz CT molecular complexity index is 801. The molecule has 1 saturated heterocycles. The fraction of sp³-hybridized carbons (Fsp3) is 0.381. The van der Waals surface area contributed by atoms with E-state index in [9.17, 15) is 9.59 Å². The number of likely N-dealkylation sites (tertiary alicyclic amines) is 1. The monoisotopic (exact) mass is 364 g/mol. The highest BCUT2D eigenvalue weighted by molar-refractivity contribution is 5.94. The molecule has 1 atom stereocenters. The molecule has 1 spiro atoms. The number of carbonyl (C=O) groups is 2. The van der Waals surface area contributed by atoms with Crippen LogP contribution in [0.2, 0.25) is 0 Å². The Balaban J connectivity index is 1.23. The lowest BCUT2D eigenvalue weighted by molar-refractivity contribution is 0.0936. The summed E-state index contributed by atoms with van der Waals surface area (Å²) in [5.74, 6) is -0.0395. The van der Waals surface area contributed by atoms with E-state index in [1.165, 1.54) is 0 Å². The van der Waals surface area contributed by atoms with Crippen LogP contribution in [0.4, 0.5) is 4.79 Å². The van der Waals surface area contributed by atoms with Gasteiger partial charge in [0, 0.05) is 43.6 Å². The minimum absolute atomic E-state index is 0.00766. The van der Waals surface area contributed by atoms with Crippen LogP contribution in [-0.2, 0) is 6.54 Å². The number of aromatic nitrogens is 1. The van der Waals surface area contributed by atoms with Crippen LogP contribution in [-0.4, -0.2) is 41.0 Å². The molecule has 140 valence electrons. The second-order valence-electron chi connectivity index (χ2n) is 7.46. The van der Waals surface area contributed by atoms with Crippen molar-refractivity contribution in [2.75, 3.05) is 13.1 Å². The van der Waals surface area contributed by atoms with E-state index in [2.05, 4.69) is 15.6 Å². The maximum absolute atomic E-state index is 12.4. The van der Waals surface area contributed by atoms with Crippen molar-refractivity contribution in [1.29, 1.82) is 0 Å². The summed E-state index contributed by atoms with van der Waals surface area (Å²) < 4.78 is 0. The summed E-state index contributed by atoms with van der Waals surface area (Å²) in [5.41, 5.74) is 1.91. The van der Waals surface area contributed by atoms with Gasteiger partial charge in [0.25, 0.3) is 5.91 Å². The summed E-state index contributed by atoms with van der Waals surface area (Å²) in [7, 11) is 0. The van der Waals surface area contributed by atoms with Crippen molar-refractivity contribution < 1.29 is 9.59 Å². The van der Waals surface area contributed by atoms with Crippen LogP contribution in [0.5, 0.6) is 0 Å². The zero-order chi connectivity index (χ0) is 18.7. The Kier molecular flexibility index (Phi) is 4.79. The molecule has 3 amide bonds. The molecule has 27 heavy (non-hydrogen) atoms. The average Bonchev–Trinajstić information content (AvgIpc) is 3.38. The third-order valence-electron chi connectivity index (χ3n) is 5.77. The molecule has 2 fully saturated rings. The number of benzene rings is 1. The van der Waals surface area contributed by atoms with Crippen LogP contribution >= 0.6 is 0 Å². The zero-order valence-corrected chi connectivity index (χ0v) is 15.2. The van der Waals surface area contributed by atoms with E-state index in [0.29, 0.717) is 12.1 Å². The molecule has 1 aromatic carbocycles. The number of piperidine rings is 1. The number of hydrogen-bond donors (Lipinski definition) is 2. The normalized spacial score (nSPS) is 20.1. The number of carbonyl (C=O) groups excluding carboxylic acids is 2. The fourth-order valence-electron chi connectivity index (χ4n) is 3.89. The molecule has 0 bridgehead atoms. The summed E-state index contributed by atoms with van der Waals surface area (Å²) in [5, 5.41) is 6.13. The third kappa shape index (κ3) is 3.94. The number of nitrogens with one attached hydrogen (secondary N) is 2. The van der Waals surface area contributed by atoms with Gasteiger partial charge in [0.05, 0.1) is 0 Å². The van der Waals surface area contributed by atoms with Gasteiger partial charge in [-0.3, -0.25) is 9.78 Å². The van der Waals surface area contributed by atoms with Crippen LogP contribution < -0.4 is 10.6 Å². The van der Waals surface area contributed by atoms with Gasteiger partial charge in [-0.1, -0.05) is 30.3 Å². The molecule has 1 unspecified atom stereocenters. The molecule has 1 aromatic heterocycles. The number of nitrogens with zero attached hydrogens (tertiary/aromatic N) is 2. The third-order valence-corrected chi connectivity index (χ3v) is 5.77. The van der Waals surface area contributed by atoms with Gasteiger partial charge in [0.15, 0.2) is 0 Å². The van der Waals surface area contributed by atoms with E-state index in [0.717, 1.165) is 37.9 Å². The Morgan fingerprint density at radius 1 is 1.07 bits per heavy atom.